The van der Waals surface area contributed by atoms with Crippen LogP contribution in [-0.4, -0.2) is 53.1 Å². The number of hydrogen-bond donors (Lipinski definition) is 1. The smallest absolute Gasteiger partial charge is 0.340 e. The second-order valence-corrected chi connectivity index (χ2v) is 10.0. The van der Waals surface area contributed by atoms with Crippen LogP contribution in [0.3, 0.4) is 0 Å². The van der Waals surface area contributed by atoms with E-state index in [1.807, 2.05) is 12.3 Å². The molecule has 0 amide bonds. The molecule has 1 N–H and O–H groups in total. The number of carboxylic acids is 1. The average Bonchev–Trinajstić information content (AvgIpc) is 3.21. The van der Waals surface area contributed by atoms with E-state index in [4.69, 9.17) is 9.47 Å². The Bertz CT molecular complexity index is 1090. The predicted molar refractivity (Wildman–Crippen MR) is 127 cm³/mol. The first-order chi connectivity index (χ1) is 15.8. The Kier molecular flexibility index (Phi) is 6.86. The van der Waals surface area contributed by atoms with E-state index in [-0.39, 0.29) is 35.8 Å². The molecule has 0 radical (unpaired) electrons. The van der Waals surface area contributed by atoms with Gasteiger partial charge >= 0.3 is 5.97 Å². The summed E-state index contributed by atoms with van der Waals surface area (Å²) in [6.45, 7) is 7.40. The summed E-state index contributed by atoms with van der Waals surface area (Å²) in [5.41, 5.74) is 3.81. The zero-order chi connectivity index (χ0) is 23.7. The van der Waals surface area contributed by atoms with Crippen LogP contribution in [0.1, 0.15) is 48.9 Å². The summed E-state index contributed by atoms with van der Waals surface area (Å²) in [6, 6.07) is 4.09. The van der Waals surface area contributed by atoms with Gasteiger partial charge in [0.15, 0.2) is 5.78 Å². The third-order valence-electron chi connectivity index (χ3n) is 6.37. The largest absolute Gasteiger partial charge is 0.493 e. The van der Waals surface area contributed by atoms with Gasteiger partial charge in [-0.25, -0.2) is 9.78 Å². The van der Waals surface area contributed by atoms with Crippen molar-refractivity contribution in [1.29, 1.82) is 0 Å². The molecule has 2 aromatic rings. The molecule has 8 heteroatoms. The molecule has 176 valence electrons. The molecule has 2 unspecified atom stereocenters. The minimum absolute atomic E-state index is 0.0960. The number of aliphatic carboxylic acids is 1. The molecular formula is C25H30N2O5S. The van der Waals surface area contributed by atoms with Crippen molar-refractivity contribution in [3.63, 3.8) is 0 Å². The van der Waals surface area contributed by atoms with Gasteiger partial charge in [0.25, 0.3) is 0 Å². The number of fused-ring (bicyclic) bond motifs is 3. The van der Waals surface area contributed by atoms with Crippen LogP contribution >= 0.6 is 11.3 Å². The van der Waals surface area contributed by atoms with E-state index < -0.39 is 5.97 Å². The first-order valence-electron chi connectivity index (χ1n) is 11.3. The zero-order valence-corrected chi connectivity index (χ0v) is 20.3. The summed E-state index contributed by atoms with van der Waals surface area (Å²) >= 11 is 1.58. The van der Waals surface area contributed by atoms with Gasteiger partial charge in [0.1, 0.15) is 11.3 Å². The van der Waals surface area contributed by atoms with Gasteiger partial charge in [-0.1, -0.05) is 13.8 Å². The third-order valence-corrected chi connectivity index (χ3v) is 7.15. The van der Waals surface area contributed by atoms with Crippen molar-refractivity contribution in [1.82, 2.24) is 9.88 Å². The number of methoxy groups -OCH3 is 1. The van der Waals surface area contributed by atoms with E-state index in [1.165, 1.54) is 0 Å². The number of rotatable bonds is 8. The Balaban J connectivity index is 1.80. The summed E-state index contributed by atoms with van der Waals surface area (Å²) in [4.78, 5) is 31.1. The number of ketones is 1. The van der Waals surface area contributed by atoms with Crippen LogP contribution in [0.2, 0.25) is 0 Å². The number of nitrogens with zero attached hydrogens (tertiary/aromatic N) is 2. The monoisotopic (exact) mass is 470 g/mol. The molecule has 33 heavy (non-hydrogen) atoms. The molecule has 0 saturated carbocycles. The van der Waals surface area contributed by atoms with E-state index in [1.54, 1.807) is 24.6 Å². The van der Waals surface area contributed by atoms with Gasteiger partial charge in [-0.15, -0.1) is 11.3 Å². The number of aryl methyl sites for hydroxylation is 1. The Morgan fingerprint density at radius 1 is 1.30 bits per heavy atom. The lowest BCUT2D eigenvalue weighted by atomic mass is 9.79. The predicted octanol–water partition coefficient (Wildman–Crippen LogP) is 4.40. The average molecular weight is 471 g/mol. The van der Waals surface area contributed by atoms with Crippen LogP contribution in [0.15, 0.2) is 29.3 Å². The molecule has 2 aliphatic heterocycles. The normalized spacial score (nSPS) is 19.8. The van der Waals surface area contributed by atoms with Crippen molar-refractivity contribution >= 4 is 23.1 Å². The van der Waals surface area contributed by atoms with Gasteiger partial charge in [-0.2, -0.15) is 0 Å². The number of aromatic nitrogens is 1. The molecular weight excluding hydrogens is 440 g/mol. The molecule has 7 nitrogen and oxygen atoms in total. The SMILES string of the molecule is COCCCOc1cc2c(cc1-c1csc(C)n1)C1CC(=O)C(C(=O)O)=CN1C(C(C)C)C2. The number of benzene rings is 1. The molecule has 0 bridgehead atoms. The van der Waals surface area contributed by atoms with Crippen LogP contribution in [0.25, 0.3) is 11.3 Å². The summed E-state index contributed by atoms with van der Waals surface area (Å²) < 4.78 is 11.3. The van der Waals surface area contributed by atoms with E-state index in [9.17, 15) is 14.7 Å². The number of Topliss-reactive ketones (excluding diaryl/α,β-unsaturated/α-hetero) is 1. The Hall–Kier alpha value is -2.71. The number of ether oxygens (including phenoxy) is 2. The lowest BCUT2D eigenvalue weighted by Gasteiger charge is -2.46. The van der Waals surface area contributed by atoms with E-state index in [0.717, 1.165) is 46.0 Å². The van der Waals surface area contributed by atoms with Gasteiger partial charge < -0.3 is 19.5 Å². The molecule has 1 aromatic heterocycles. The van der Waals surface area contributed by atoms with Crippen LogP contribution in [0, 0.1) is 12.8 Å². The standard InChI is InChI=1S/C25H30N2O5S/c1-14(2)21-8-16-9-24(32-7-5-6-31-4)18(20-13-33-15(3)26-20)10-17(16)22-11-23(28)19(25(29)30)12-27(21)22/h9-10,12-14,21-22H,5-8,11H2,1-4H3,(H,29,30). The zero-order valence-electron chi connectivity index (χ0n) is 19.5. The van der Waals surface area contributed by atoms with Gasteiger partial charge in [0.05, 0.1) is 23.4 Å². The summed E-state index contributed by atoms with van der Waals surface area (Å²) in [7, 11) is 1.68. The maximum atomic E-state index is 12.7. The van der Waals surface area contributed by atoms with Crippen molar-refractivity contribution in [3.8, 4) is 17.0 Å². The van der Waals surface area contributed by atoms with E-state index in [2.05, 4.69) is 35.9 Å². The highest BCUT2D eigenvalue weighted by Gasteiger charge is 2.41. The number of carbonyl (C=O) groups is 2. The van der Waals surface area contributed by atoms with Gasteiger partial charge in [0.2, 0.25) is 0 Å². The second-order valence-electron chi connectivity index (χ2n) is 8.95. The van der Waals surface area contributed by atoms with Crippen LogP contribution in [0.4, 0.5) is 0 Å². The Morgan fingerprint density at radius 3 is 2.73 bits per heavy atom. The lowest BCUT2D eigenvalue weighted by Crippen LogP contribution is -2.47. The first-order valence-corrected chi connectivity index (χ1v) is 12.1. The molecule has 0 aliphatic carbocycles. The topological polar surface area (TPSA) is 89.0 Å². The van der Waals surface area contributed by atoms with E-state index in [0.29, 0.717) is 13.2 Å². The Morgan fingerprint density at radius 2 is 2.09 bits per heavy atom. The fourth-order valence-corrected chi connectivity index (χ4v) is 5.32. The molecule has 0 fully saturated rings. The maximum absolute atomic E-state index is 12.7. The number of carboxylic acid groups (broad SMARTS) is 1. The molecule has 3 heterocycles. The highest BCUT2D eigenvalue weighted by atomic mass is 32.1. The molecule has 2 aliphatic rings. The quantitative estimate of drug-likeness (QED) is 0.452. The van der Waals surface area contributed by atoms with Crippen molar-refractivity contribution in [3.05, 3.63) is 45.4 Å². The molecule has 0 spiro atoms. The highest BCUT2D eigenvalue weighted by Crippen LogP contribution is 2.45. The minimum Gasteiger partial charge on any atom is -0.493 e. The summed E-state index contributed by atoms with van der Waals surface area (Å²) in [6.07, 6.45) is 3.25. The first kappa shape index (κ1) is 23.4. The molecule has 4 rings (SSSR count). The fraction of sp³-hybridized carbons (Fsp3) is 0.480. The van der Waals surface area contributed by atoms with Crippen molar-refractivity contribution in [2.45, 2.75) is 52.1 Å². The number of carbonyl (C=O) groups excluding carboxylic acids is 1. The van der Waals surface area contributed by atoms with E-state index >= 15 is 0 Å². The summed E-state index contributed by atoms with van der Waals surface area (Å²) in [5.74, 6) is -0.419. The van der Waals surface area contributed by atoms with Crippen LogP contribution < -0.4 is 4.74 Å². The number of thiazole rings is 1. The van der Waals surface area contributed by atoms with Crippen LogP contribution in [0.5, 0.6) is 5.75 Å². The molecule has 1 aromatic carbocycles. The number of hydrogen-bond acceptors (Lipinski definition) is 7. The highest BCUT2D eigenvalue weighted by molar-refractivity contribution is 7.09. The van der Waals surface area contributed by atoms with Gasteiger partial charge in [-0.05, 0) is 42.5 Å². The lowest BCUT2D eigenvalue weighted by molar-refractivity contribution is -0.135. The van der Waals surface area contributed by atoms with Crippen LogP contribution in [-0.2, 0) is 20.7 Å². The minimum atomic E-state index is -1.16. The van der Waals surface area contributed by atoms with Gasteiger partial charge in [0, 0.05) is 49.7 Å². The van der Waals surface area contributed by atoms with Crippen molar-refractivity contribution < 1.29 is 24.2 Å². The van der Waals surface area contributed by atoms with Crippen molar-refractivity contribution in [2.75, 3.05) is 20.3 Å². The van der Waals surface area contributed by atoms with Crippen molar-refractivity contribution in [2.24, 2.45) is 5.92 Å². The maximum Gasteiger partial charge on any atom is 0.340 e. The van der Waals surface area contributed by atoms with Gasteiger partial charge in [-0.3, -0.25) is 4.79 Å². The second kappa shape index (κ2) is 9.65. The molecule has 0 saturated heterocycles. The fourth-order valence-electron chi connectivity index (χ4n) is 4.70. The Labute approximate surface area is 198 Å². The summed E-state index contributed by atoms with van der Waals surface area (Å²) in [5, 5.41) is 12.5. The third kappa shape index (κ3) is 4.68. The molecule has 2 atom stereocenters.